The van der Waals surface area contributed by atoms with Crippen LogP contribution >= 0.6 is 0 Å². The van der Waals surface area contributed by atoms with Crippen molar-refractivity contribution in [3.63, 3.8) is 0 Å². The Labute approximate surface area is 129 Å². The van der Waals surface area contributed by atoms with Gasteiger partial charge in [0, 0.05) is 12.6 Å². The zero-order valence-electron chi connectivity index (χ0n) is 13.9. The minimum atomic E-state index is 0.223. The fourth-order valence-corrected chi connectivity index (χ4v) is 2.37. The maximum Gasteiger partial charge on any atom is 0.0294 e. The standard InChI is InChI=1S/C20H27N/c1-15-6-10-18(11-7-15)16(2)21-14-17-8-12-19(13-9-17)20(3,4)5/h6-13,16,21H,14H2,1-5H3/t16-/m0/s1. The smallest absolute Gasteiger partial charge is 0.0294 e. The molecule has 0 amide bonds. The first-order chi connectivity index (χ1) is 9.86. The van der Waals surface area contributed by atoms with Crippen LogP contribution in [0.4, 0.5) is 0 Å². The third-order valence-electron chi connectivity index (χ3n) is 4.01. The van der Waals surface area contributed by atoms with Crippen molar-refractivity contribution in [3.8, 4) is 0 Å². The van der Waals surface area contributed by atoms with Gasteiger partial charge in [-0.05, 0) is 36.0 Å². The van der Waals surface area contributed by atoms with Crippen LogP contribution < -0.4 is 5.32 Å². The Hall–Kier alpha value is -1.60. The zero-order valence-corrected chi connectivity index (χ0v) is 13.9. The van der Waals surface area contributed by atoms with Crippen molar-refractivity contribution < 1.29 is 0 Å². The lowest BCUT2D eigenvalue weighted by atomic mass is 9.87. The van der Waals surface area contributed by atoms with Gasteiger partial charge in [0.15, 0.2) is 0 Å². The lowest BCUT2D eigenvalue weighted by Crippen LogP contribution is -2.18. The number of aryl methyl sites for hydroxylation is 1. The van der Waals surface area contributed by atoms with Crippen LogP contribution in [0.1, 0.15) is 56.0 Å². The molecular weight excluding hydrogens is 254 g/mol. The number of nitrogens with one attached hydrogen (secondary N) is 1. The number of benzene rings is 2. The first kappa shape index (κ1) is 15.8. The SMILES string of the molecule is Cc1ccc([C@H](C)NCc2ccc(C(C)(C)C)cc2)cc1. The number of hydrogen-bond donors (Lipinski definition) is 1. The van der Waals surface area contributed by atoms with Gasteiger partial charge in [0.2, 0.25) is 0 Å². The molecule has 112 valence electrons. The molecular formula is C20H27N. The van der Waals surface area contributed by atoms with Gasteiger partial charge in [-0.3, -0.25) is 0 Å². The second-order valence-electron chi connectivity index (χ2n) is 6.96. The van der Waals surface area contributed by atoms with E-state index < -0.39 is 0 Å². The molecule has 1 heteroatoms. The molecule has 2 rings (SSSR count). The van der Waals surface area contributed by atoms with Gasteiger partial charge < -0.3 is 5.32 Å². The highest BCUT2D eigenvalue weighted by Crippen LogP contribution is 2.22. The minimum absolute atomic E-state index is 0.223. The molecule has 0 unspecified atom stereocenters. The molecule has 2 aromatic rings. The summed E-state index contributed by atoms with van der Waals surface area (Å²) < 4.78 is 0. The molecule has 0 fully saturated rings. The molecule has 0 aliphatic rings. The third-order valence-corrected chi connectivity index (χ3v) is 4.01. The van der Waals surface area contributed by atoms with Crippen LogP contribution in [0.3, 0.4) is 0 Å². The minimum Gasteiger partial charge on any atom is -0.306 e. The van der Waals surface area contributed by atoms with E-state index in [-0.39, 0.29) is 5.41 Å². The molecule has 0 heterocycles. The van der Waals surface area contributed by atoms with E-state index in [2.05, 4.69) is 88.5 Å². The van der Waals surface area contributed by atoms with E-state index in [0.717, 1.165) is 6.54 Å². The molecule has 0 aliphatic carbocycles. The molecule has 0 bridgehead atoms. The number of hydrogen-bond acceptors (Lipinski definition) is 1. The van der Waals surface area contributed by atoms with E-state index in [9.17, 15) is 0 Å². The van der Waals surface area contributed by atoms with Crippen molar-refractivity contribution in [2.24, 2.45) is 0 Å². The maximum atomic E-state index is 3.59. The van der Waals surface area contributed by atoms with Gasteiger partial charge in [-0.25, -0.2) is 0 Å². The molecule has 0 radical (unpaired) electrons. The van der Waals surface area contributed by atoms with E-state index in [1.54, 1.807) is 0 Å². The summed E-state index contributed by atoms with van der Waals surface area (Å²) in [6, 6.07) is 18.1. The van der Waals surface area contributed by atoms with Gasteiger partial charge in [-0.2, -0.15) is 0 Å². The summed E-state index contributed by atoms with van der Waals surface area (Å²) >= 11 is 0. The number of rotatable bonds is 4. The largest absolute Gasteiger partial charge is 0.306 e. The van der Waals surface area contributed by atoms with Crippen LogP contribution in [0.2, 0.25) is 0 Å². The molecule has 0 aromatic heterocycles. The average Bonchev–Trinajstić information content (AvgIpc) is 2.45. The molecule has 0 aliphatic heterocycles. The van der Waals surface area contributed by atoms with Crippen molar-refractivity contribution in [1.82, 2.24) is 5.32 Å². The highest BCUT2D eigenvalue weighted by molar-refractivity contribution is 5.28. The fourth-order valence-electron chi connectivity index (χ4n) is 2.37. The predicted octanol–water partition coefficient (Wildman–Crippen LogP) is 5.14. The van der Waals surface area contributed by atoms with Gasteiger partial charge in [0.1, 0.15) is 0 Å². The summed E-state index contributed by atoms with van der Waals surface area (Å²) in [4.78, 5) is 0. The first-order valence-corrected chi connectivity index (χ1v) is 7.75. The summed E-state index contributed by atoms with van der Waals surface area (Å²) in [5, 5.41) is 3.59. The summed E-state index contributed by atoms with van der Waals surface area (Å²) in [5.74, 6) is 0. The van der Waals surface area contributed by atoms with Crippen molar-refractivity contribution in [2.45, 2.75) is 52.6 Å². The van der Waals surface area contributed by atoms with Gasteiger partial charge >= 0.3 is 0 Å². The van der Waals surface area contributed by atoms with Crippen LogP contribution in [0.25, 0.3) is 0 Å². The molecule has 21 heavy (non-hydrogen) atoms. The van der Waals surface area contributed by atoms with Crippen molar-refractivity contribution >= 4 is 0 Å². The molecule has 2 aromatic carbocycles. The maximum absolute atomic E-state index is 3.59. The van der Waals surface area contributed by atoms with E-state index >= 15 is 0 Å². The zero-order chi connectivity index (χ0) is 15.5. The molecule has 0 saturated heterocycles. The second-order valence-corrected chi connectivity index (χ2v) is 6.96. The summed E-state index contributed by atoms with van der Waals surface area (Å²) in [7, 11) is 0. The van der Waals surface area contributed by atoms with Crippen molar-refractivity contribution in [1.29, 1.82) is 0 Å². The third kappa shape index (κ3) is 4.44. The van der Waals surface area contributed by atoms with Crippen LogP contribution in [-0.4, -0.2) is 0 Å². The van der Waals surface area contributed by atoms with Crippen LogP contribution in [-0.2, 0) is 12.0 Å². The lowest BCUT2D eigenvalue weighted by molar-refractivity contribution is 0.571. The van der Waals surface area contributed by atoms with Gasteiger partial charge in [-0.1, -0.05) is 74.9 Å². The Kier molecular flexibility index (Phi) is 4.84. The highest BCUT2D eigenvalue weighted by atomic mass is 14.9. The molecule has 0 saturated carbocycles. The van der Waals surface area contributed by atoms with Gasteiger partial charge in [0.05, 0.1) is 0 Å². The highest BCUT2D eigenvalue weighted by Gasteiger charge is 2.12. The van der Waals surface area contributed by atoms with E-state index in [1.807, 2.05) is 0 Å². The lowest BCUT2D eigenvalue weighted by Gasteiger charge is -2.19. The monoisotopic (exact) mass is 281 g/mol. The molecule has 1 atom stereocenters. The quantitative estimate of drug-likeness (QED) is 0.818. The topological polar surface area (TPSA) is 12.0 Å². The van der Waals surface area contributed by atoms with Gasteiger partial charge in [0.25, 0.3) is 0 Å². The normalized spacial score (nSPS) is 13.2. The van der Waals surface area contributed by atoms with Crippen LogP contribution in [0.5, 0.6) is 0 Å². The average molecular weight is 281 g/mol. The predicted molar refractivity (Wildman–Crippen MR) is 91.6 cm³/mol. The summed E-state index contributed by atoms with van der Waals surface area (Å²) in [6.07, 6.45) is 0. The van der Waals surface area contributed by atoms with Crippen molar-refractivity contribution in [3.05, 3.63) is 70.8 Å². The molecule has 1 nitrogen and oxygen atoms in total. The van der Waals surface area contributed by atoms with E-state index in [1.165, 1.54) is 22.3 Å². The molecule has 1 N–H and O–H groups in total. The fraction of sp³-hybridized carbons (Fsp3) is 0.400. The second kappa shape index (κ2) is 6.44. The Morgan fingerprint density at radius 3 is 2.00 bits per heavy atom. The Balaban J connectivity index is 1.95. The molecule has 0 spiro atoms. The Bertz CT molecular complexity index is 558. The van der Waals surface area contributed by atoms with E-state index in [4.69, 9.17) is 0 Å². The van der Waals surface area contributed by atoms with Crippen molar-refractivity contribution in [2.75, 3.05) is 0 Å². The Morgan fingerprint density at radius 2 is 1.48 bits per heavy atom. The van der Waals surface area contributed by atoms with Gasteiger partial charge in [-0.15, -0.1) is 0 Å². The summed E-state index contributed by atoms with van der Waals surface area (Å²) in [5.41, 5.74) is 5.59. The van der Waals surface area contributed by atoms with Crippen LogP contribution in [0, 0.1) is 6.92 Å². The Morgan fingerprint density at radius 1 is 0.905 bits per heavy atom. The first-order valence-electron chi connectivity index (χ1n) is 7.75. The van der Waals surface area contributed by atoms with Crippen LogP contribution in [0.15, 0.2) is 48.5 Å². The van der Waals surface area contributed by atoms with E-state index in [0.29, 0.717) is 6.04 Å². The summed E-state index contributed by atoms with van der Waals surface area (Å²) in [6.45, 7) is 12.0.